The Kier molecular flexibility index (Phi) is 5.16. The molecule has 0 aliphatic carbocycles. The summed E-state index contributed by atoms with van der Waals surface area (Å²) in [6.45, 7) is 8.36. The van der Waals surface area contributed by atoms with Crippen molar-refractivity contribution in [2.24, 2.45) is 7.05 Å². The van der Waals surface area contributed by atoms with E-state index in [0.29, 0.717) is 6.54 Å². The number of carbonyl (C=O) groups is 1. The van der Waals surface area contributed by atoms with E-state index in [9.17, 15) is 4.79 Å². The highest BCUT2D eigenvalue weighted by molar-refractivity contribution is 5.75. The monoisotopic (exact) mass is 343 g/mol. The van der Waals surface area contributed by atoms with E-state index >= 15 is 0 Å². The molecule has 1 unspecified atom stereocenters. The molecule has 6 heteroatoms. The largest absolute Gasteiger partial charge is 0.353 e. The van der Waals surface area contributed by atoms with Crippen LogP contribution in [-0.4, -0.2) is 31.8 Å². The molecule has 0 aromatic carbocycles. The molecule has 136 valence electrons. The topological polar surface area (TPSA) is 55.1 Å². The Hall–Kier alpha value is -2.24. The number of rotatable bonds is 4. The number of likely N-dealkylation sites (tertiary alicyclic amines) is 1. The maximum Gasteiger partial charge on any atom is 0.318 e. The fourth-order valence-electron chi connectivity index (χ4n) is 3.87. The molecule has 2 amide bonds. The highest BCUT2D eigenvalue weighted by Crippen LogP contribution is 2.30. The molecule has 0 radical (unpaired) electrons. The van der Waals surface area contributed by atoms with E-state index in [4.69, 9.17) is 0 Å². The molecule has 3 heterocycles. The summed E-state index contributed by atoms with van der Waals surface area (Å²) < 4.78 is 4.11. The standard InChI is InChI=1S/C19H29N5O/c1-5-24-15(3)16(14(2)21-24)13-20-19(25)23-12-7-6-9-18(23)17-10-8-11-22(17)4/h8,10-11,18H,5-7,9,12-13H2,1-4H3,(H,20,25). The first-order valence-electron chi connectivity index (χ1n) is 9.21. The molecule has 2 aromatic rings. The minimum atomic E-state index is 0.0222. The zero-order valence-corrected chi connectivity index (χ0v) is 15.7. The summed E-state index contributed by atoms with van der Waals surface area (Å²) in [6.07, 6.45) is 5.31. The van der Waals surface area contributed by atoms with Gasteiger partial charge in [-0.3, -0.25) is 4.68 Å². The summed E-state index contributed by atoms with van der Waals surface area (Å²) in [5, 5.41) is 7.66. The van der Waals surface area contributed by atoms with Gasteiger partial charge in [-0.2, -0.15) is 5.10 Å². The average Bonchev–Trinajstić information content (AvgIpc) is 3.16. The van der Waals surface area contributed by atoms with E-state index in [0.717, 1.165) is 42.9 Å². The fraction of sp³-hybridized carbons (Fsp3) is 0.579. The number of aromatic nitrogens is 3. The van der Waals surface area contributed by atoms with Crippen molar-refractivity contribution in [2.45, 2.75) is 59.2 Å². The summed E-state index contributed by atoms with van der Waals surface area (Å²) in [5.74, 6) is 0. The number of nitrogens with zero attached hydrogens (tertiary/aromatic N) is 4. The second-order valence-corrected chi connectivity index (χ2v) is 6.87. The van der Waals surface area contributed by atoms with Crippen LogP contribution in [0.3, 0.4) is 0 Å². The van der Waals surface area contributed by atoms with Crippen molar-refractivity contribution in [1.29, 1.82) is 0 Å². The maximum atomic E-state index is 12.9. The molecule has 1 N–H and O–H groups in total. The van der Waals surface area contributed by atoms with Crippen LogP contribution in [-0.2, 0) is 20.1 Å². The summed E-state index contributed by atoms with van der Waals surface area (Å²) in [5.41, 5.74) is 4.47. The van der Waals surface area contributed by atoms with E-state index in [2.05, 4.69) is 34.9 Å². The van der Waals surface area contributed by atoms with E-state index in [1.807, 2.05) is 35.8 Å². The quantitative estimate of drug-likeness (QED) is 0.926. The lowest BCUT2D eigenvalue weighted by atomic mass is 9.99. The smallest absolute Gasteiger partial charge is 0.318 e. The molecule has 0 bridgehead atoms. The second kappa shape index (κ2) is 7.33. The zero-order chi connectivity index (χ0) is 18.0. The van der Waals surface area contributed by atoms with Crippen LogP contribution in [0.25, 0.3) is 0 Å². The van der Waals surface area contributed by atoms with Gasteiger partial charge in [-0.1, -0.05) is 0 Å². The van der Waals surface area contributed by atoms with Gasteiger partial charge in [0.25, 0.3) is 0 Å². The van der Waals surface area contributed by atoms with Crippen LogP contribution in [0.4, 0.5) is 4.79 Å². The lowest BCUT2D eigenvalue weighted by molar-refractivity contribution is 0.148. The highest BCUT2D eigenvalue weighted by Gasteiger charge is 2.29. The average molecular weight is 343 g/mol. The summed E-state index contributed by atoms with van der Waals surface area (Å²) in [4.78, 5) is 14.9. The first-order valence-corrected chi connectivity index (χ1v) is 9.21. The van der Waals surface area contributed by atoms with Crippen molar-refractivity contribution in [2.75, 3.05) is 6.54 Å². The van der Waals surface area contributed by atoms with Crippen LogP contribution in [0.5, 0.6) is 0 Å². The minimum absolute atomic E-state index is 0.0222. The molecule has 2 aromatic heterocycles. The van der Waals surface area contributed by atoms with Crippen LogP contribution < -0.4 is 5.32 Å². The lowest BCUT2D eigenvalue weighted by Gasteiger charge is -2.36. The first-order chi connectivity index (χ1) is 12.0. The third kappa shape index (κ3) is 3.43. The Morgan fingerprint density at radius 2 is 2.16 bits per heavy atom. The fourth-order valence-corrected chi connectivity index (χ4v) is 3.87. The molecule has 3 rings (SSSR count). The van der Waals surface area contributed by atoms with Gasteiger partial charge in [-0.05, 0) is 52.2 Å². The van der Waals surface area contributed by atoms with Gasteiger partial charge in [0.2, 0.25) is 0 Å². The lowest BCUT2D eigenvalue weighted by Crippen LogP contribution is -2.44. The first kappa shape index (κ1) is 17.6. The molecule has 1 aliphatic rings. The van der Waals surface area contributed by atoms with Gasteiger partial charge >= 0.3 is 6.03 Å². The van der Waals surface area contributed by atoms with Gasteiger partial charge < -0.3 is 14.8 Å². The predicted octanol–water partition coefficient (Wildman–Crippen LogP) is 3.30. The van der Waals surface area contributed by atoms with Crippen LogP contribution in [0.2, 0.25) is 0 Å². The van der Waals surface area contributed by atoms with Crippen LogP contribution in [0.15, 0.2) is 18.3 Å². The number of hydrogen-bond acceptors (Lipinski definition) is 2. The molecule has 0 spiro atoms. The van der Waals surface area contributed by atoms with Gasteiger partial charge in [-0.25, -0.2) is 4.79 Å². The van der Waals surface area contributed by atoms with Crippen LogP contribution >= 0.6 is 0 Å². The second-order valence-electron chi connectivity index (χ2n) is 6.87. The summed E-state index contributed by atoms with van der Waals surface area (Å²) in [7, 11) is 2.05. The SMILES string of the molecule is CCn1nc(C)c(CNC(=O)N2CCCCC2c2cccn2C)c1C. The predicted molar refractivity (Wildman–Crippen MR) is 98.3 cm³/mol. The minimum Gasteiger partial charge on any atom is -0.353 e. The number of piperidine rings is 1. The summed E-state index contributed by atoms with van der Waals surface area (Å²) in [6, 6.07) is 4.35. The Morgan fingerprint density at radius 3 is 2.80 bits per heavy atom. The highest BCUT2D eigenvalue weighted by atomic mass is 16.2. The zero-order valence-electron chi connectivity index (χ0n) is 15.7. The number of nitrogens with one attached hydrogen (secondary N) is 1. The number of amides is 2. The van der Waals surface area contributed by atoms with Gasteiger partial charge in [-0.15, -0.1) is 0 Å². The maximum absolute atomic E-state index is 12.9. The van der Waals surface area contributed by atoms with Gasteiger partial charge in [0.05, 0.1) is 11.7 Å². The van der Waals surface area contributed by atoms with Crippen molar-refractivity contribution < 1.29 is 4.79 Å². The van der Waals surface area contributed by atoms with E-state index in [1.54, 1.807) is 0 Å². The van der Waals surface area contributed by atoms with Gasteiger partial charge in [0, 0.05) is 49.8 Å². The summed E-state index contributed by atoms with van der Waals surface area (Å²) >= 11 is 0. The van der Waals surface area contributed by atoms with Crippen molar-refractivity contribution in [3.63, 3.8) is 0 Å². The normalized spacial score (nSPS) is 17.8. The van der Waals surface area contributed by atoms with Crippen molar-refractivity contribution in [3.05, 3.63) is 41.0 Å². The number of carbonyl (C=O) groups excluding carboxylic acids is 1. The van der Waals surface area contributed by atoms with Crippen molar-refractivity contribution in [3.8, 4) is 0 Å². The van der Waals surface area contributed by atoms with Gasteiger partial charge in [0.15, 0.2) is 0 Å². The van der Waals surface area contributed by atoms with E-state index in [1.165, 1.54) is 12.1 Å². The van der Waals surface area contributed by atoms with Crippen molar-refractivity contribution in [1.82, 2.24) is 24.6 Å². The van der Waals surface area contributed by atoms with Gasteiger partial charge in [0.1, 0.15) is 0 Å². The molecule has 1 saturated heterocycles. The number of aryl methyl sites for hydroxylation is 3. The Bertz CT molecular complexity index is 745. The molecule has 6 nitrogen and oxygen atoms in total. The molecule has 1 fully saturated rings. The van der Waals surface area contributed by atoms with Crippen LogP contribution in [0, 0.1) is 13.8 Å². The number of hydrogen-bond donors (Lipinski definition) is 1. The third-order valence-corrected chi connectivity index (χ3v) is 5.34. The molecular weight excluding hydrogens is 314 g/mol. The Morgan fingerprint density at radius 1 is 1.36 bits per heavy atom. The van der Waals surface area contributed by atoms with Crippen molar-refractivity contribution >= 4 is 6.03 Å². The Balaban J connectivity index is 1.71. The Labute approximate surface area is 149 Å². The molecular formula is C19H29N5O. The molecule has 1 aliphatic heterocycles. The van der Waals surface area contributed by atoms with E-state index in [-0.39, 0.29) is 12.1 Å². The third-order valence-electron chi connectivity index (χ3n) is 5.34. The molecule has 0 saturated carbocycles. The van der Waals surface area contributed by atoms with Crippen LogP contribution in [0.1, 0.15) is 54.9 Å². The molecule has 25 heavy (non-hydrogen) atoms. The number of urea groups is 1. The molecule has 1 atom stereocenters. The van der Waals surface area contributed by atoms with E-state index < -0.39 is 0 Å².